The molecule has 1 fully saturated rings. The van der Waals surface area contributed by atoms with Gasteiger partial charge < -0.3 is 20.6 Å². The number of carbonyl (C=O) groups is 1. The van der Waals surface area contributed by atoms with Crippen LogP contribution in [0.25, 0.3) is 5.65 Å². The molecule has 1 aliphatic rings. The van der Waals surface area contributed by atoms with Gasteiger partial charge in [-0.2, -0.15) is 19.6 Å². The molecule has 2 aromatic heterocycles. The summed E-state index contributed by atoms with van der Waals surface area (Å²) in [4.78, 5) is 22.6. The Morgan fingerprint density at radius 2 is 2.03 bits per heavy atom. The van der Waals surface area contributed by atoms with Gasteiger partial charge in [0.1, 0.15) is 0 Å². The molecule has 9 nitrogen and oxygen atoms in total. The van der Waals surface area contributed by atoms with Gasteiger partial charge in [0, 0.05) is 37.8 Å². The number of amides is 1. The maximum atomic E-state index is 11.2. The van der Waals surface area contributed by atoms with E-state index < -0.39 is 0 Å². The van der Waals surface area contributed by atoms with Gasteiger partial charge >= 0.3 is 0 Å². The van der Waals surface area contributed by atoms with Crippen molar-refractivity contribution in [3.63, 3.8) is 0 Å². The molecule has 1 amide bonds. The lowest BCUT2D eigenvalue weighted by Gasteiger charge is -2.17. The lowest BCUT2D eigenvalue weighted by molar-refractivity contribution is -0.114. The van der Waals surface area contributed by atoms with E-state index >= 15 is 0 Å². The molecule has 30 heavy (non-hydrogen) atoms. The third kappa shape index (κ3) is 4.20. The SMILES string of the molecule is CC(=O)Nc1ccc(CNc2nc(N3CC[C@H](O)C3)nc3c(C(C)C)cnn23)cc1. The van der Waals surface area contributed by atoms with Crippen molar-refractivity contribution in [1.82, 2.24) is 19.6 Å². The minimum atomic E-state index is -0.349. The van der Waals surface area contributed by atoms with Gasteiger partial charge in [0.25, 0.3) is 0 Å². The van der Waals surface area contributed by atoms with Crippen molar-refractivity contribution in [2.24, 2.45) is 0 Å². The van der Waals surface area contributed by atoms with Crippen molar-refractivity contribution in [3.05, 3.63) is 41.6 Å². The fourth-order valence-electron chi connectivity index (χ4n) is 3.56. The first-order valence-corrected chi connectivity index (χ1v) is 10.2. The standard InChI is InChI=1S/C21H27N7O2/c1-13(2)18-11-23-28-19(18)25-21(27-9-8-17(30)12-27)26-20(28)22-10-15-4-6-16(7-5-15)24-14(3)29/h4-7,11,13,17,30H,8-10,12H2,1-3H3,(H,24,29)(H,22,25,26)/t17-/m0/s1. The molecule has 0 spiro atoms. The molecule has 3 heterocycles. The molecule has 9 heteroatoms. The third-order valence-electron chi connectivity index (χ3n) is 5.18. The fourth-order valence-corrected chi connectivity index (χ4v) is 3.56. The molecule has 158 valence electrons. The molecule has 1 saturated heterocycles. The van der Waals surface area contributed by atoms with E-state index in [-0.39, 0.29) is 17.9 Å². The first kappa shape index (κ1) is 20.1. The van der Waals surface area contributed by atoms with Gasteiger partial charge in [-0.05, 0) is 30.0 Å². The molecular formula is C21H27N7O2. The van der Waals surface area contributed by atoms with Crippen LogP contribution in [0.1, 0.15) is 44.2 Å². The number of hydrogen-bond acceptors (Lipinski definition) is 7. The normalized spacial score (nSPS) is 16.4. The molecule has 1 aliphatic heterocycles. The number of aliphatic hydroxyl groups is 1. The third-order valence-corrected chi connectivity index (χ3v) is 5.18. The number of β-amino-alcohol motifs (C(OH)–C–C–N with tert-alkyl or cyclic N) is 1. The molecule has 0 radical (unpaired) electrons. The molecular weight excluding hydrogens is 382 g/mol. The van der Waals surface area contributed by atoms with Crippen LogP contribution in [-0.4, -0.2) is 49.8 Å². The van der Waals surface area contributed by atoms with Crippen LogP contribution in [0.2, 0.25) is 0 Å². The Hall–Kier alpha value is -3.20. The summed E-state index contributed by atoms with van der Waals surface area (Å²) in [6, 6.07) is 7.65. The number of aromatic nitrogens is 4. The Labute approximate surface area is 175 Å². The van der Waals surface area contributed by atoms with E-state index in [9.17, 15) is 9.90 Å². The minimum absolute atomic E-state index is 0.0940. The number of nitrogens with zero attached hydrogens (tertiary/aromatic N) is 5. The summed E-state index contributed by atoms with van der Waals surface area (Å²) < 4.78 is 1.73. The smallest absolute Gasteiger partial charge is 0.230 e. The Bertz CT molecular complexity index is 1050. The van der Waals surface area contributed by atoms with Gasteiger partial charge in [0.2, 0.25) is 17.8 Å². The second kappa shape index (κ2) is 8.27. The lowest BCUT2D eigenvalue weighted by atomic mass is 10.1. The predicted octanol–water partition coefficient (Wildman–Crippen LogP) is 2.39. The van der Waals surface area contributed by atoms with Crippen LogP contribution < -0.4 is 15.5 Å². The van der Waals surface area contributed by atoms with Gasteiger partial charge in [0.15, 0.2) is 5.65 Å². The Balaban J connectivity index is 1.61. The van der Waals surface area contributed by atoms with Crippen LogP contribution in [0.3, 0.4) is 0 Å². The number of nitrogens with one attached hydrogen (secondary N) is 2. The van der Waals surface area contributed by atoms with Gasteiger partial charge in [-0.15, -0.1) is 0 Å². The summed E-state index contributed by atoms with van der Waals surface area (Å²) in [5.74, 6) is 1.39. The van der Waals surface area contributed by atoms with Crippen LogP contribution in [0.15, 0.2) is 30.5 Å². The summed E-state index contributed by atoms with van der Waals surface area (Å²) in [5, 5.41) is 20.5. The van der Waals surface area contributed by atoms with E-state index in [0.29, 0.717) is 31.4 Å². The number of hydrogen-bond donors (Lipinski definition) is 3. The highest BCUT2D eigenvalue weighted by atomic mass is 16.3. The van der Waals surface area contributed by atoms with E-state index in [1.807, 2.05) is 35.4 Å². The van der Waals surface area contributed by atoms with Crippen LogP contribution >= 0.6 is 0 Å². The molecule has 3 aromatic rings. The summed E-state index contributed by atoms with van der Waals surface area (Å²) in [6.07, 6.45) is 2.21. The topological polar surface area (TPSA) is 108 Å². The highest BCUT2D eigenvalue weighted by molar-refractivity contribution is 5.88. The second-order valence-electron chi connectivity index (χ2n) is 7.96. The highest BCUT2D eigenvalue weighted by Gasteiger charge is 2.24. The van der Waals surface area contributed by atoms with E-state index in [4.69, 9.17) is 9.97 Å². The van der Waals surface area contributed by atoms with Gasteiger partial charge in [-0.1, -0.05) is 26.0 Å². The summed E-state index contributed by atoms with van der Waals surface area (Å²) in [6.45, 7) is 7.52. The van der Waals surface area contributed by atoms with Gasteiger partial charge in [-0.3, -0.25) is 4.79 Å². The summed E-state index contributed by atoms with van der Waals surface area (Å²) in [7, 11) is 0. The summed E-state index contributed by atoms with van der Waals surface area (Å²) >= 11 is 0. The van der Waals surface area contributed by atoms with E-state index in [1.54, 1.807) is 4.52 Å². The molecule has 3 N–H and O–H groups in total. The maximum absolute atomic E-state index is 11.2. The molecule has 0 unspecified atom stereocenters. The largest absolute Gasteiger partial charge is 0.391 e. The first-order chi connectivity index (χ1) is 14.4. The van der Waals surface area contributed by atoms with Crippen molar-refractivity contribution >= 4 is 29.1 Å². The fraction of sp³-hybridized carbons (Fsp3) is 0.429. The molecule has 4 rings (SSSR count). The molecule has 0 aliphatic carbocycles. The van der Waals surface area contributed by atoms with Crippen molar-refractivity contribution in [2.45, 2.75) is 45.8 Å². The average molecular weight is 409 g/mol. The van der Waals surface area contributed by atoms with E-state index in [1.165, 1.54) is 6.92 Å². The van der Waals surface area contributed by atoms with Gasteiger partial charge in [0.05, 0.1) is 12.3 Å². The minimum Gasteiger partial charge on any atom is -0.391 e. The Kier molecular flexibility index (Phi) is 5.54. The number of anilines is 3. The zero-order chi connectivity index (χ0) is 21.3. The predicted molar refractivity (Wildman–Crippen MR) is 116 cm³/mol. The van der Waals surface area contributed by atoms with E-state index in [0.717, 1.165) is 29.0 Å². The van der Waals surface area contributed by atoms with Crippen LogP contribution in [0, 0.1) is 0 Å². The van der Waals surface area contributed by atoms with Crippen LogP contribution in [0.5, 0.6) is 0 Å². The highest BCUT2D eigenvalue weighted by Crippen LogP contribution is 2.25. The number of aliphatic hydroxyl groups excluding tert-OH is 1. The Morgan fingerprint density at radius 1 is 1.27 bits per heavy atom. The zero-order valence-corrected chi connectivity index (χ0v) is 17.5. The van der Waals surface area contributed by atoms with E-state index in [2.05, 4.69) is 29.6 Å². The second-order valence-corrected chi connectivity index (χ2v) is 7.96. The van der Waals surface area contributed by atoms with Crippen molar-refractivity contribution in [3.8, 4) is 0 Å². The molecule has 0 bridgehead atoms. The maximum Gasteiger partial charge on any atom is 0.230 e. The number of benzene rings is 1. The molecule has 1 aromatic carbocycles. The quantitative estimate of drug-likeness (QED) is 0.574. The van der Waals surface area contributed by atoms with Crippen molar-refractivity contribution in [1.29, 1.82) is 0 Å². The first-order valence-electron chi connectivity index (χ1n) is 10.2. The Morgan fingerprint density at radius 3 is 2.67 bits per heavy atom. The summed E-state index contributed by atoms with van der Waals surface area (Å²) in [5.41, 5.74) is 3.64. The van der Waals surface area contributed by atoms with Crippen LogP contribution in [0.4, 0.5) is 17.6 Å². The van der Waals surface area contributed by atoms with Gasteiger partial charge in [-0.25, -0.2) is 0 Å². The lowest BCUT2D eigenvalue weighted by Crippen LogP contribution is -2.24. The van der Waals surface area contributed by atoms with Crippen LogP contribution in [-0.2, 0) is 11.3 Å². The zero-order valence-electron chi connectivity index (χ0n) is 17.5. The number of rotatable bonds is 6. The monoisotopic (exact) mass is 409 g/mol. The molecule has 0 saturated carbocycles. The van der Waals surface area contributed by atoms with Crippen molar-refractivity contribution in [2.75, 3.05) is 28.6 Å². The molecule has 1 atom stereocenters. The number of fused-ring (bicyclic) bond motifs is 1. The van der Waals surface area contributed by atoms with Crippen molar-refractivity contribution < 1.29 is 9.90 Å². The average Bonchev–Trinajstić information content (AvgIpc) is 3.33. The number of carbonyl (C=O) groups excluding carboxylic acids is 1.